The van der Waals surface area contributed by atoms with Gasteiger partial charge in [-0.1, -0.05) is 89.5 Å². The summed E-state index contributed by atoms with van der Waals surface area (Å²) in [5, 5.41) is 14.7. The number of hydrogen-bond donors (Lipinski definition) is 1. The molecule has 0 saturated heterocycles. The van der Waals surface area contributed by atoms with Crippen LogP contribution in [0.2, 0.25) is 0 Å². The van der Waals surface area contributed by atoms with Gasteiger partial charge in [0.05, 0.1) is 12.0 Å². The third-order valence-corrected chi connectivity index (χ3v) is 7.44. The van der Waals surface area contributed by atoms with Crippen molar-refractivity contribution in [1.29, 1.82) is 0 Å². The van der Waals surface area contributed by atoms with Gasteiger partial charge < -0.3 is 0 Å². The van der Waals surface area contributed by atoms with Crippen molar-refractivity contribution in [3.63, 3.8) is 0 Å². The molecule has 0 aliphatic carbocycles. The van der Waals surface area contributed by atoms with Crippen molar-refractivity contribution in [3.8, 4) is 0 Å². The maximum Gasteiger partial charge on any atom is 0.250 e. The van der Waals surface area contributed by atoms with E-state index in [9.17, 15) is 9.18 Å². The summed E-state index contributed by atoms with van der Waals surface area (Å²) in [5.74, 6) is 0.355. The monoisotopic (exact) mass is 468 g/mol. The number of thioether (sulfide) groups is 2. The predicted octanol–water partition coefficient (Wildman–Crippen LogP) is 5.37. The van der Waals surface area contributed by atoms with Gasteiger partial charge in [0, 0.05) is 5.75 Å². The fourth-order valence-electron chi connectivity index (χ4n) is 2.80. The normalized spacial score (nSPS) is 11.3. The summed E-state index contributed by atoms with van der Waals surface area (Å²) >= 11 is 4.41. The van der Waals surface area contributed by atoms with Crippen molar-refractivity contribution in [3.05, 3.63) is 83.7 Å². The van der Waals surface area contributed by atoms with Crippen LogP contribution >= 0.6 is 34.9 Å². The first-order chi connectivity index (χ1) is 15.2. The number of aromatic nitrogens is 2. The van der Waals surface area contributed by atoms with E-state index in [0.717, 1.165) is 14.4 Å². The highest BCUT2D eigenvalue weighted by Crippen LogP contribution is 2.32. The summed E-state index contributed by atoms with van der Waals surface area (Å²) in [7, 11) is 0. The zero-order valence-electron chi connectivity index (χ0n) is 16.2. The Bertz CT molecular complexity index is 1220. The van der Waals surface area contributed by atoms with Crippen molar-refractivity contribution in [2.75, 3.05) is 5.75 Å². The first-order valence-electron chi connectivity index (χ1n) is 9.30. The van der Waals surface area contributed by atoms with Gasteiger partial charge in [0.2, 0.25) is 0 Å². The molecular weight excluding hydrogens is 451 g/mol. The Morgan fingerprint density at radius 2 is 1.81 bits per heavy atom. The summed E-state index contributed by atoms with van der Waals surface area (Å²) in [4.78, 5) is 11.9. The number of nitrogens with one attached hydrogen (secondary N) is 1. The van der Waals surface area contributed by atoms with Crippen LogP contribution < -0.4 is 5.43 Å². The molecule has 4 rings (SSSR count). The summed E-state index contributed by atoms with van der Waals surface area (Å²) in [6, 6.07) is 20.6. The lowest BCUT2D eigenvalue weighted by Gasteiger charge is -2.04. The number of halogens is 1. The van der Waals surface area contributed by atoms with Crippen LogP contribution in [-0.4, -0.2) is 28.1 Å². The van der Waals surface area contributed by atoms with E-state index in [1.165, 1.54) is 57.8 Å². The molecule has 1 heterocycles. The molecule has 1 aromatic heterocycles. The zero-order chi connectivity index (χ0) is 21.5. The quantitative estimate of drug-likeness (QED) is 0.214. The molecule has 4 aromatic rings. The third-order valence-electron chi connectivity index (χ3n) is 4.20. The molecule has 9 heteroatoms. The predicted molar refractivity (Wildman–Crippen MR) is 126 cm³/mol. The fourth-order valence-corrected chi connectivity index (χ4v) is 5.61. The maximum absolute atomic E-state index is 13.1. The minimum absolute atomic E-state index is 0.170. The van der Waals surface area contributed by atoms with Crippen molar-refractivity contribution in [2.45, 2.75) is 14.4 Å². The first kappa shape index (κ1) is 21.5. The van der Waals surface area contributed by atoms with Crippen LogP contribution in [0, 0.1) is 5.82 Å². The summed E-state index contributed by atoms with van der Waals surface area (Å²) < 4.78 is 14.7. The average molecular weight is 469 g/mol. The maximum atomic E-state index is 13.1. The SMILES string of the molecule is O=C(CSc1nnc(SCc2cccc3ccccc23)s1)NN=Cc1cccc(F)c1. The van der Waals surface area contributed by atoms with E-state index in [1.54, 1.807) is 23.9 Å². The smallest absolute Gasteiger partial charge is 0.250 e. The van der Waals surface area contributed by atoms with Gasteiger partial charge in [-0.15, -0.1) is 10.2 Å². The molecule has 1 amide bonds. The molecule has 0 aliphatic heterocycles. The highest BCUT2D eigenvalue weighted by Gasteiger charge is 2.09. The largest absolute Gasteiger partial charge is 0.272 e. The second-order valence-corrected chi connectivity index (χ2v) is 9.82. The van der Waals surface area contributed by atoms with Gasteiger partial charge in [-0.05, 0) is 34.0 Å². The van der Waals surface area contributed by atoms with Crippen LogP contribution in [0.1, 0.15) is 11.1 Å². The number of fused-ring (bicyclic) bond motifs is 1. The average Bonchev–Trinajstić information content (AvgIpc) is 3.24. The molecular formula is C22H17FN4OS3. The number of carbonyl (C=O) groups excluding carboxylic acids is 1. The van der Waals surface area contributed by atoms with Crippen LogP contribution in [0.5, 0.6) is 0 Å². The Kier molecular flexibility index (Phi) is 7.29. The number of hydrogen-bond acceptors (Lipinski definition) is 7. The van der Waals surface area contributed by atoms with Crippen molar-refractivity contribution in [1.82, 2.24) is 15.6 Å². The Hall–Kier alpha value is -2.75. The molecule has 0 radical (unpaired) electrons. The lowest BCUT2D eigenvalue weighted by atomic mass is 10.1. The molecule has 156 valence electrons. The van der Waals surface area contributed by atoms with Crippen molar-refractivity contribution in [2.24, 2.45) is 5.10 Å². The lowest BCUT2D eigenvalue weighted by molar-refractivity contribution is -0.118. The van der Waals surface area contributed by atoms with E-state index in [2.05, 4.69) is 51.1 Å². The number of nitrogens with zero attached hydrogens (tertiary/aromatic N) is 3. The van der Waals surface area contributed by atoms with E-state index in [-0.39, 0.29) is 17.5 Å². The highest BCUT2D eigenvalue weighted by molar-refractivity contribution is 8.03. The van der Waals surface area contributed by atoms with Crippen LogP contribution in [-0.2, 0) is 10.5 Å². The molecule has 0 atom stereocenters. The number of rotatable bonds is 8. The van der Waals surface area contributed by atoms with Gasteiger partial charge in [-0.25, -0.2) is 9.82 Å². The molecule has 0 unspecified atom stereocenters. The Labute approximate surface area is 191 Å². The van der Waals surface area contributed by atoms with Crippen LogP contribution in [0.15, 0.2) is 80.5 Å². The zero-order valence-corrected chi connectivity index (χ0v) is 18.6. The van der Waals surface area contributed by atoms with Gasteiger partial charge in [-0.2, -0.15) is 5.10 Å². The summed E-state index contributed by atoms with van der Waals surface area (Å²) in [5.41, 5.74) is 4.26. The molecule has 0 fully saturated rings. The number of hydrazone groups is 1. The second kappa shape index (κ2) is 10.5. The fraction of sp³-hybridized carbons (Fsp3) is 0.0909. The van der Waals surface area contributed by atoms with E-state index in [1.807, 2.05) is 12.1 Å². The Balaban J connectivity index is 1.25. The summed E-state index contributed by atoms with van der Waals surface area (Å²) in [6.45, 7) is 0. The van der Waals surface area contributed by atoms with Gasteiger partial charge in [0.25, 0.3) is 5.91 Å². The van der Waals surface area contributed by atoms with Crippen LogP contribution in [0.4, 0.5) is 4.39 Å². The van der Waals surface area contributed by atoms with Gasteiger partial charge >= 0.3 is 0 Å². The van der Waals surface area contributed by atoms with Crippen molar-refractivity contribution < 1.29 is 9.18 Å². The molecule has 1 N–H and O–H groups in total. The molecule has 0 aliphatic rings. The van der Waals surface area contributed by atoms with E-state index in [4.69, 9.17) is 0 Å². The first-order valence-corrected chi connectivity index (χ1v) is 12.1. The van der Waals surface area contributed by atoms with Crippen molar-refractivity contribution >= 4 is 57.8 Å². The molecule has 0 bridgehead atoms. The number of carbonyl (C=O) groups is 1. The van der Waals surface area contributed by atoms with Crippen LogP contribution in [0.25, 0.3) is 10.8 Å². The van der Waals surface area contributed by atoms with E-state index < -0.39 is 0 Å². The minimum Gasteiger partial charge on any atom is -0.272 e. The lowest BCUT2D eigenvalue weighted by Crippen LogP contribution is -2.19. The minimum atomic E-state index is -0.351. The van der Waals surface area contributed by atoms with Gasteiger partial charge in [-0.3, -0.25) is 4.79 Å². The molecule has 0 saturated carbocycles. The number of benzene rings is 3. The molecule has 31 heavy (non-hydrogen) atoms. The molecule has 5 nitrogen and oxygen atoms in total. The summed E-state index contributed by atoms with van der Waals surface area (Å²) in [6.07, 6.45) is 1.40. The highest BCUT2D eigenvalue weighted by atomic mass is 32.2. The van der Waals surface area contributed by atoms with Gasteiger partial charge in [0.15, 0.2) is 8.68 Å². The molecule has 0 spiro atoms. The standard InChI is InChI=1S/C22H17FN4OS3/c23-18-9-3-5-15(11-18)12-24-25-20(28)14-30-22-27-26-21(31-22)29-13-17-8-4-7-16-6-1-2-10-19(16)17/h1-12H,13-14H2,(H,25,28). The van der Waals surface area contributed by atoms with Gasteiger partial charge in [0.1, 0.15) is 5.82 Å². The number of amides is 1. The second-order valence-electron chi connectivity index (χ2n) is 6.40. The Morgan fingerprint density at radius 1 is 1.03 bits per heavy atom. The molecule has 3 aromatic carbocycles. The third kappa shape index (κ3) is 6.13. The van der Waals surface area contributed by atoms with E-state index >= 15 is 0 Å². The topological polar surface area (TPSA) is 67.2 Å². The van der Waals surface area contributed by atoms with E-state index in [0.29, 0.717) is 5.56 Å². The van der Waals surface area contributed by atoms with Crippen LogP contribution in [0.3, 0.4) is 0 Å². The Morgan fingerprint density at radius 3 is 2.68 bits per heavy atom.